The number of halogens is 2. The van der Waals surface area contributed by atoms with Crippen molar-refractivity contribution in [3.8, 4) is 0 Å². The summed E-state index contributed by atoms with van der Waals surface area (Å²) in [5, 5.41) is 6.14. The second-order valence-corrected chi connectivity index (χ2v) is 11.2. The monoisotopic (exact) mass is 531 g/mol. The first-order valence-electron chi connectivity index (χ1n) is 12.0. The number of esters is 1. The SMILES string of the molecule is COC(=O)C1=C(CN2C3COCC34C2CN4C(C)C)NC(c2nccs2)=N[C@H]1c1ccc(F)cc1Cl. The Morgan fingerprint density at radius 3 is 2.94 bits per heavy atom. The van der Waals surface area contributed by atoms with E-state index in [1.165, 1.54) is 30.6 Å². The third-order valence-corrected chi connectivity index (χ3v) is 8.96. The molecule has 3 fully saturated rings. The van der Waals surface area contributed by atoms with Gasteiger partial charge in [0.05, 0.1) is 37.5 Å². The van der Waals surface area contributed by atoms with Crippen LogP contribution in [0, 0.1) is 5.82 Å². The fraction of sp³-hybridized carbons (Fsp3) is 0.480. The van der Waals surface area contributed by atoms with E-state index in [2.05, 4.69) is 33.9 Å². The molecule has 1 spiro atoms. The molecule has 1 aromatic heterocycles. The molecule has 0 saturated carbocycles. The molecule has 190 valence electrons. The summed E-state index contributed by atoms with van der Waals surface area (Å²) in [6, 6.07) is 4.39. The second kappa shape index (κ2) is 8.88. The smallest absolute Gasteiger partial charge is 0.338 e. The zero-order valence-corrected chi connectivity index (χ0v) is 21.8. The topological polar surface area (TPSA) is 79.3 Å². The summed E-state index contributed by atoms with van der Waals surface area (Å²) >= 11 is 7.90. The molecule has 6 rings (SSSR count). The summed E-state index contributed by atoms with van der Waals surface area (Å²) in [7, 11) is 1.35. The molecule has 4 atom stereocenters. The quantitative estimate of drug-likeness (QED) is 0.574. The number of aliphatic imine (C=N–C) groups is 1. The van der Waals surface area contributed by atoms with E-state index in [1.807, 2.05) is 5.38 Å². The maximum Gasteiger partial charge on any atom is 0.338 e. The zero-order valence-electron chi connectivity index (χ0n) is 20.2. The number of aromatic nitrogens is 1. The average molecular weight is 532 g/mol. The Labute approximate surface area is 217 Å². The predicted molar refractivity (Wildman–Crippen MR) is 135 cm³/mol. The van der Waals surface area contributed by atoms with Gasteiger partial charge < -0.3 is 14.8 Å². The van der Waals surface area contributed by atoms with Gasteiger partial charge in [0.1, 0.15) is 11.9 Å². The van der Waals surface area contributed by atoms with E-state index in [0.717, 1.165) is 13.2 Å². The zero-order chi connectivity index (χ0) is 25.2. The average Bonchev–Trinajstić information content (AvgIpc) is 3.52. The lowest BCUT2D eigenvalue weighted by Crippen LogP contribution is -2.92. The van der Waals surface area contributed by atoms with E-state index >= 15 is 0 Å². The molecule has 8 nitrogen and oxygen atoms in total. The number of methoxy groups -OCH3 is 1. The Balaban J connectivity index is 1.40. The number of nitrogens with one attached hydrogen (secondary N) is 1. The number of amidine groups is 1. The van der Waals surface area contributed by atoms with E-state index < -0.39 is 17.8 Å². The summed E-state index contributed by atoms with van der Waals surface area (Å²) in [4.78, 5) is 27.3. The molecule has 0 radical (unpaired) electrons. The number of rotatable bonds is 6. The highest BCUT2D eigenvalue weighted by Gasteiger charge is 2.73. The van der Waals surface area contributed by atoms with Crippen molar-refractivity contribution in [1.82, 2.24) is 20.1 Å². The molecule has 0 amide bonds. The molecular formula is C25H27ClFN5O3S. The van der Waals surface area contributed by atoms with Gasteiger partial charge in [0.2, 0.25) is 0 Å². The number of carbonyl (C=O) groups excluding carboxylic acids is 1. The minimum absolute atomic E-state index is 0.0424. The lowest BCUT2D eigenvalue weighted by molar-refractivity contribution is -0.230. The third-order valence-electron chi connectivity index (χ3n) is 7.86. The van der Waals surface area contributed by atoms with Crippen molar-refractivity contribution in [2.24, 2.45) is 4.99 Å². The first-order valence-corrected chi connectivity index (χ1v) is 13.2. The second-order valence-electron chi connectivity index (χ2n) is 9.85. The highest BCUT2D eigenvalue weighted by Crippen LogP contribution is 2.53. The molecule has 2 aromatic rings. The van der Waals surface area contributed by atoms with Gasteiger partial charge in [0.15, 0.2) is 10.8 Å². The molecule has 0 bridgehead atoms. The minimum atomic E-state index is -0.764. The summed E-state index contributed by atoms with van der Waals surface area (Å²) in [5.41, 5.74) is 1.63. The Morgan fingerprint density at radius 2 is 2.25 bits per heavy atom. The largest absolute Gasteiger partial charge is 0.466 e. The van der Waals surface area contributed by atoms with Gasteiger partial charge in [-0.25, -0.2) is 14.2 Å². The van der Waals surface area contributed by atoms with Crippen molar-refractivity contribution in [1.29, 1.82) is 0 Å². The molecule has 1 N–H and O–H groups in total. The van der Waals surface area contributed by atoms with Gasteiger partial charge in [-0.2, -0.15) is 0 Å². The van der Waals surface area contributed by atoms with Crippen LogP contribution in [0.2, 0.25) is 5.02 Å². The maximum absolute atomic E-state index is 13.9. The van der Waals surface area contributed by atoms with Crippen molar-refractivity contribution in [2.45, 2.75) is 43.6 Å². The van der Waals surface area contributed by atoms with Crippen molar-refractivity contribution in [3.05, 3.63) is 62.5 Å². The third kappa shape index (κ3) is 3.46. The van der Waals surface area contributed by atoms with Crippen LogP contribution in [0.5, 0.6) is 0 Å². The molecular weight excluding hydrogens is 505 g/mol. The molecule has 11 heteroatoms. The number of thiazole rings is 1. The van der Waals surface area contributed by atoms with Gasteiger partial charge in [0.25, 0.3) is 0 Å². The summed E-state index contributed by atoms with van der Waals surface area (Å²) < 4.78 is 25.0. The van der Waals surface area contributed by atoms with Crippen molar-refractivity contribution in [3.63, 3.8) is 0 Å². The first-order chi connectivity index (χ1) is 17.3. The number of piperazine rings is 1. The summed E-state index contributed by atoms with van der Waals surface area (Å²) in [5.74, 6) is -0.412. The van der Waals surface area contributed by atoms with Crippen LogP contribution in [0.3, 0.4) is 0 Å². The van der Waals surface area contributed by atoms with E-state index in [0.29, 0.717) is 52.9 Å². The molecule has 3 saturated heterocycles. The molecule has 0 aliphatic carbocycles. The molecule has 3 unspecified atom stereocenters. The number of nitrogens with zero attached hydrogens (tertiary/aromatic N) is 4. The van der Waals surface area contributed by atoms with Crippen LogP contribution in [0.1, 0.15) is 30.5 Å². The van der Waals surface area contributed by atoms with Crippen LogP contribution < -0.4 is 5.32 Å². The Hall–Kier alpha value is -2.37. The minimum Gasteiger partial charge on any atom is -0.466 e. The van der Waals surface area contributed by atoms with E-state index in [-0.39, 0.29) is 16.6 Å². The lowest BCUT2D eigenvalue weighted by atomic mass is 9.65. The van der Waals surface area contributed by atoms with Crippen LogP contribution >= 0.6 is 22.9 Å². The number of benzene rings is 1. The van der Waals surface area contributed by atoms with Crippen molar-refractivity contribution >= 4 is 34.7 Å². The fourth-order valence-electron chi connectivity index (χ4n) is 6.23. The van der Waals surface area contributed by atoms with Gasteiger partial charge in [-0.15, -0.1) is 11.3 Å². The van der Waals surface area contributed by atoms with Gasteiger partial charge in [-0.1, -0.05) is 17.7 Å². The van der Waals surface area contributed by atoms with Crippen molar-refractivity contribution < 1.29 is 18.7 Å². The summed E-state index contributed by atoms with van der Waals surface area (Å²) in [6.07, 6.45) is 1.71. The Morgan fingerprint density at radius 1 is 1.42 bits per heavy atom. The Kier molecular flexibility index (Phi) is 5.92. The van der Waals surface area contributed by atoms with E-state index in [4.69, 9.17) is 26.1 Å². The normalized spacial score (nSPS) is 29.7. The number of hydrogen-bond donors (Lipinski definition) is 1. The fourth-order valence-corrected chi connectivity index (χ4v) is 7.09. The molecule has 5 heterocycles. The number of likely N-dealkylation sites (tertiary alicyclic amines) is 2. The van der Waals surface area contributed by atoms with E-state index in [1.54, 1.807) is 12.3 Å². The van der Waals surface area contributed by atoms with Crippen LogP contribution in [0.4, 0.5) is 4.39 Å². The van der Waals surface area contributed by atoms with Crippen LogP contribution in [-0.2, 0) is 14.3 Å². The number of hydrogen-bond acceptors (Lipinski definition) is 9. The predicted octanol–water partition coefficient (Wildman–Crippen LogP) is 3.00. The summed E-state index contributed by atoms with van der Waals surface area (Å²) in [6.45, 7) is 7.28. The molecule has 1 aromatic carbocycles. The van der Waals surface area contributed by atoms with Crippen LogP contribution in [0.25, 0.3) is 0 Å². The molecule has 36 heavy (non-hydrogen) atoms. The molecule has 4 aliphatic rings. The number of ether oxygens (including phenoxy) is 2. The highest BCUT2D eigenvalue weighted by atomic mass is 35.5. The standard InChI is InChI=1S/C25H27ClFN5O3S/c1-13(2)32-10-18-25(32)12-35-11-19(25)31(18)9-17-20(24(33)34-3)21(15-5-4-14(27)8-16(15)26)30-22(29-17)23-28-6-7-36-23/h4-8,13,18-19,21H,9-12H2,1-3H3,(H,29,30)/t18?,19?,21-,25?/m0/s1. The van der Waals surface area contributed by atoms with Gasteiger partial charge in [-0.3, -0.25) is 14.8 Å². The highest BCUT2D eigenvalue weighted by molar-refractivity contribution is 7.11. The molecule has 4 aliphatic heterocycles. The van der Waals surface area contributed by atoms with Gasteiger partial charge >= 0.3 is 5.97 Å². The van der Waals surface area contributed by atoms with Crippen molar-refractivity contribution in [2.75, 3.05) is 33.4 Å². The first kappa shape index (κ1) is 24.0. The van der Waals surface area contributed by atoms with E-state index in [9.17, 15) is 9.18 Å². The maximum atomic E-state index is 13.9. The van der Waals surface area contributed by atoms with Gasteiger partial charge in [0, 0.05) is 53.0 Å². The number of carbonyl (C=O) groups is 1. The lowest BCUT2D eigenvalue weighted by Gasteiger charge is -2.73. The van der Waals surface area contributed by atoms with Crippen LogP contribution in [-0.4, -0.2) is 83.7 Å². The van der Waals surface area contributed by atoms with Crippen LogP contribution in [0.15, 0.2) is 46.0 Å². The Bertz CT molecular complexity index is 1270. The van der Waals surface area contributed by atoms with Gasteiger partial charge in [-0.05, 0) is 26.0 Å².